The van der Waals surface area contributed by atoms with Gasteiger partial charge in [0.2, 0.25) is 10.0 Å². The van der Waals surface area contributed by atoms with Crippen molar-refractivity contribution < 1.29 is 17.9 Å². The highest BCUT2D eigenvalue weighted by molar-refractivity contribution is 7.89. The van der Waals surface area contributed by atoms with E-state index in [1.165, 1.54) is 7.11 Å². The van der Waals surface area contributed by atoms with E-state index in [0.29, 0.717) is 0 Å². The van der Waals surface area contributed by atoms with Crippen LogP contribution in [-0.2, 0) is 19.6 Å². The number of carbonyl (C=O) groups is 1. The number of thiophene rings is 1. The molecular weight excluding hydrogens is 440 g/mol. The van der Waals surface area contributed by atoms with Crippen molar-refractivity contribution in [1.82, 2.24) is 9.71 Å². The first-order valence-corrected chi connectivity index (χ1v) is 12.4. The van der Waals surface area contributed by atoms with Gasteiger partial charge in [-0.05, 0) is 30.2 Å². The van der Waals surface area contributed by atoms with Gasteiger partial charge >= 0.3 is 5.97 Å². The molecule has 9 heteroatoms. The smallest absolute Gasteiger partial charge is 0.324 e. The second kappa shape index (κ2) is 8.07. The van der Waals surface area contributed by atoms with Crippen LogP contribution in [0, 0.1) is 5.92 Å². The summed E-state index contributed by atoms with van der Waals surface area (Å²) in [5.41, 5.74) is 1.04. The Bertz CT molecular complexity index is 1330. The summed E-state index contributed by atoms with van der Waals surface area (Å²) in [4.78, 5) is 16.5. The number of hydrogen-bond donors (Lipinski definition) is 1. The van der Waals surface area contributed by atoms with Gasteiger partial charge in [0, 0.05) is 37.3 Å². The summed E-state index contributed by atoms with van der Waals surface area (Å²) >= 11 is 3.18. The minimum Gasteiger partial charge on any atom is -0.468 e. The molecule has 0 amide bonds. The normalized spacial score (nSPS) is 13.2. The van der Waals surface area contributed by atoms with Gasteiger partial charge in [0.25, 0.3) is 0 Å². The molecule has 156 valence electrons. The number of aromatic nitrogens is 1. The van der Waals surface area contributed by atoms with Crippen LogP contribution in [-0.4, -0.2) is 32.5 Å². The average Bonchev–Trinajstić information content (AvgIpc) is 3.38. The second-order valence-electron chi connectivity index (χ2n) is 7.17. The number of fused-ring (bicyclic) bond motifs is 3. The Labute approximate surface area is 182 Å². The lowest BCUT2D eigenvalue weighted by Crippen LogP contribution is -2.44. The van der Waals surface area contributed by atoms with Crippen LogP contribution in [0.1, 0.15) is 13.8 Å². The number of ether oxygens (including phenoxy) is 1. The van der Waals surface area contributed by atoms with Gasteiger partial charge in [0.05, 0.1) is 12.0 Å². The Morgan fingerprint density at radius 1 is 1.10 bits per heavy atom. The van der Waals surface area contributed by atoms with Crippen LogP contribution < -0.4 is 4.72 Å². The molecule has 1 atom stereocenters. The highest BCUT2D eigenvalue weighted by Gasteiger charge is 2.29. The minimum atomic E-state index is -3.90. The third kappa shape index (κ3) is 3.85. The van der Waals surface area contributed by atoms with Crippen molar-refractivity contribution >= 4 is 58.8 Å². The third-order valence-electron chi connectivity index (χ3n) is 4.84. The van der Waals surface area contributed by atoms with Crippen molar-refractivity contribution in [2.75, 3.05) is 7.11 Å². The molecule has 0 spiro atoms. The van der Waals surface area contributed by atoms with Crippen molar-refractivity contribution in [3.05, 3.63) is 48.0 Å². The van der Waals surface area contributed by atoms with Crippen LogP contribution in [0.15, 0.2) is 52.9 Å². The predicted molar refractivity (Wildman–Crippen MR) is 121 cm³/mol. The lowest BCUT2D eigenvalue weighted by Gasteiger charge is -2.19. The summed E-state index contributed by atoms with van der Waals surface area (Å²) in [6.45, 7) is 3.53. The zero-order chi connectivity index (χ0) is 21.5. The van der Waals surface area contributed by atoms with E-state index < -0.39 is 22.0 Å². The Balaban J connectivity index is 1.75. The van der Waals surface area contributed by atoms with Gasteiger partial charge < -0.3 is 4.74 Å². The van der Waals surface area contributed by atoms with E-state index in [-0.39, 0.29) is 10.8 Å². The maximum Gasteiger partial charge on any atom is 0.324 e. The molecule has 0 aliphatic carbocycles. The summed E-state index contributed by atoms with van der Waals surface area (Å²) in [6, 6.07) is 10.2. The summed E-state index contributed by atoms with van der Waals surface area (Å²) < 4.78 is 35.2. The summed E-state index contributed by atoms with van der Waals surface area (Å²) in [6.07, 6.45) is 1.78. The molecule has 0 unspecified atom stereocenters. The van der Waals surface area contributed by atoms with Crippen LogP contribution >= 0.6 is 22.7 Å². The van der Waals surface area contributed by atoms with E-state index in [1.807, 2.05) is 17.5 Å². The highest BCUT2D eigenvalue weighted by Crippen LogP contribution is 2.37. The van der Waals surface area contributed by atoms with Gasteiger partial charge in [0.1, 0.15) is 11.0 Å². The van der Waals surface area contributed by atoms with Crippen molar-refractivity contribution in [1.29, 1.82) is 0 Å². The number of hydrogen-bond acceptors (Lipinski definition) is 7. The van der Waals surface area contributed by atoms with E-state index >= 15 is 0 Å². The quantitative estimate of drug-likeness (QED) is 0.423. The largest absolute Gasteiger partial charge is 0.468 e. The molecule has 6 nitrogen and oxygen atoms in total. The number of sulfonamides is 1. The summed E-state index contributed by atoms with van der Waals surface area (Å²) in [5, 5.41) is 4.74. The van der Waals surface area contributed by atoms with Gasteiger partial charge in [-0.3, -0.25) is 4.79 Å². The minimum absolute atomic E-state index is 0.119. The van der Waals surface area contributed by atoms with Gasteiger partial charge in [0.15, 0.2) is 0 Å². The zero-order valence-corrected chi connectivity index (χ0v) is 19.0. The number of methoxy groups -OCH3 is 1. The van der Waals surface area contributed by atoms with Crippen molar-refractivity contribution in [2.45, 2.75) is 24.8 Å². The number of nitrogens with one attached hydrogen (secondary N) is 1. The van der Waals surface area contributed by atoms with Gasteiger partial charge in [-0.25, -0.2) is 13.4 Å². The molecule has 0 aliphatic rings. The van der Waals surface area contributed by atoms with E-state index in [4.69, 9.17) is 4.74 Å². The molecule has 2 aromatic carbocycles. The molecule has 0 saturated carbocycles. The molecule has 0 fully saturated rings. The molecule has 4 rings (SSSR count). The molecule has 4 aromatic rings. The number of rotatable bonds is 6. The number of thiazole rings is 1. The molecule has 30 heavy (non-hydrogen) atoms. The van der Waals surface area contributed by atoms with Crippen LogP contribution in [0.2, 0.25) is 0 Å². The molecule has 0 radical (unpaired) electrons. The van der Waals surface area contributed by atoms with Gasteiger partial charge in [-0.1, -0.05) is 26.0 Å². The maximum absolute atomic E-state index is 13.0. The molecule has 2 heterocycles. The number of esters is 1. The lowest BCUT2D eigenvalue weighted by atomic mass is 10.1. The molecule has 0 aliphatic heterocycles. The zero-order valence-electron chi connectivity index (χ0n) is 16.6. The van der Waals surface area contributed by atoms with Crippen LogP contribution in [0.4, 0.5) is 0 Å². The molecule has 0 bridgehead atoms. The lowest BCUT2D eigenvalue weighted by molar-refractivity contribution is -0.143. The maximum atomic E-state index is 13.0. The standard InChI is InChI=1S/C21H20N2O4S3/c1-12(2)19(21(24)27-3)23-30(25,26)14-5-7-17-16(11-14)15-6-4-13(10-18(15)29-17)20-22-8-9-28-20/h4-12,19,23H,1-3H3/t19-/m1/s1. The molecule has 1 N–H and O–H groups in total. The number of benzene rings is 2. The monoisotopic (exact) mass is 460 g/mol. The van der Waals surface area contributed by atoms with Crippen LogP contribution in [0.3, 0.4) is 0 Å². The van der Waals surface area contributed by atoms with Crippen LogP contribution in [0.5, 0.6) is 0 Å². The highest BCUT2D eigenvalue weighted by atomic mass is 32.2. The fourth-order valence-electron chi connectivity index (χ4n) is 3.24. The number of nitrogens with zero attached hydrogens (tertiary/aromatic N) is 1. The topological polar surface area (TPSA) is 85.4 Å². The fourth-order valence-corrected chi connectivity index (χ4v) is 6.36. The van der Waals surface area contributed by atoms with Gasteiger partial charge in [-0.2, -0.15) is 4.72 Å². The summed E-state index contributed by atoms with van der Waals surface area (Å²) in [5.74, 6) is -0.854. The van der Waals surface area contributed by atoms with Crippen molar-refractivity contribution in [3.8, 4) is 10.6 Å². The third-order valence-corrected chi connectivity index (χ3v) is 8.23. The van der Waals surface area contributed by atoms with E-state index in [1.54, 1.807) is 60.9 Å². The molecular formula is C21H20N2O4S3. The Kier molecular flexibility index (Phi) is 5.63. The Hall–Kier alpha value is -2.33. The fraction of sp³-hybridized carbons (Fsp3) is 0.238. The van der Waals surface area contributed by atoms with Crippen LogP contribution in [0.25, 0.3) is 30.7 Å². The first kappa shape index (κ1) is 20.9. The second-order valence-corrected chi connectivity index (χ2v) is 10.9. The Morgan fingerprint density at radius 3 is 2.57 bits per heavy atom. The van der Waals surface area contributed by atoms with E-state index in [2.05, 4.69) is 15.8 Å². The van der Waals surface area contributed by atoms with E-state index in [0.717, 1.165) is 30.7 Å². The Morgan fingerprint density at radius 2 is 1.90 bits per heavy atom. The average molecular weight is 461 g/mol. The SMILES string of the molecule is COC(=O)[C@H](NS(=O)(=O)c1ccc2sc3cc(-c4nccs4)ccc3c2c1)C(C)C. The first-order valence-electron chi connectivity index (χ1n) is 9.26. The van der Waals surface area contributed by atoms with Crippen molar-refractivity contribution in [3.63, 3.8) is 0 Å². The van der Waals surface area contributed by atoms with Gasteiger partial charge in [-0.15, -0.1) is 22.7 Å². The number of carbonyl (C=O) groups excluding carboxylic acids is 1. The summed E-state index contributed by atoms with van der Waals surface area (Å²) in [7, 11) is -2.65. The molecule has 0 saturated heterocycles. The predicted octanol–water partition coefficient (Wildman–Crippen LogP) is 4.65. The van der Waals surface area contributed by atoms with E-state index in [9.17, 15) is 13.2 Å². The molecule has 2 aromatic heterocycles. The van der Waals surface area contributed by atoms with Crippen molar-refractivity contribution in [2.24, 2.45) is 5.92 Å². The first-order chi connectivity index (χ1) is 14.3.